The maximum Gasteiger partial charge on any atom is 0.221 e. The highest BCUT2D eigenvalue weighted by molar-refractivity contribution is 5.76. The number of rotatable bonds is 4. The zero-order chi connectivity index (χ0) is 10.2. The second kappa shape index (κ2) is 6.60. The first kappa shape index (κ1) is 11.2. The lowest BCUT2D eigenvalue weighted by molar-refractivity contribution is -0.121. The smallest absolute Gasteiger partial charge is 0.221 e. The second-order valence-electron chi connectivity index (χ2n) is 3.71. The molecule has 0 aromatic rings. The van der Waals surface area contributed by atoms with E-state index in [1.807, 2.05) is 6.92 Å². The average Bonchev–Trinajstić information content (AvgIpc) is 2.38. The van der Waals surface area contributed by atoms with Crippen LogP contribution in [0.25, 0.3) is 0 Å². The third-order valence-electron chi connectivity index (χ3n) is 2.46. The van der Waals surface area contributed by atoms with Gasteiger partial charge in [-0.25, -0.2) is 0 Å². The molecule has 1 aliphatic rings. The van der Waals surface area contributed by atoms with Crippen LogP contribution in [0, 0.1) is 0 Å². The Hall–Kier alpha value is -0.830. The summed E-state index contributed by atoms with van der Waals surface area (Å²) in [5.41, 5.74) is 0. The first-order valence-electron chi connectivity index (χ1n) is 5.44. The van der Waals surface area contributed by atoms with Crippen molar-refractivity contribution in [3.8, 4) is 0 Å². The second-order valence-corrected chi connectivity index (χ2v) is 3.71. The molecule has 1 atom stereocenters. The molecule has 3 heteroatoms. The topological polar surface area (TPSA) is 41.1 Å². The predicted molar refractivity (Wildman–Crippen MR) is 58.1 cm³/mol. The molecule has 0 spiro atoms. The predicted octanol–water partition coefficient (Wildman–Crippen LogP) is 1.21. The lowest BCUT2D eigenvalue weighted by Gasteiger charge is -2.13. The van der Waals surface area contributed by atoms with E-state index in [1.54, 1.807) is 0 Å². The Morgan fingerprint density at radius 2 is 2.50 bits per heavy atom. The highest BCUT2D eigenvalue weighted by atomic mass is 16.1. The van der Waals surface area contributed by atoms with Crippen molar-refractivity contribution in [2.45, 2.75) is 38.6 Å². The molecule has 1 aliphatic heterocycles. The number of allylic oxidation sites excluding steroid dienone is 1. The summed E-state index contributed by atoms with van der Waals surface area (Å²) in [4.78, 5) is 11.2. The van der Waals surface area contributed by atoms with Gasteiger partial charge >= 0.3 is 0 Å². The van der Waals surface area contributed by atoms with Gasteiger partial charge in [0.15, 0.2) is 0 Å². The third kappa shape index (κ3) is 4.42. The summed E-state index contributed by atoms with van der Waals surface area (Å²) >= 11 is 0. The number of carbonyl (C=O) groups excluding carboxylic acids is 1. The van der Waals surface area contributed by atoms with Gasteiger partial charge in [-0.3, -0.25) is 4.79 Å². The van der Waals surface area contributed by atoms with Gasteiger partial charge in [0, 0.05) is 19.0 Å². The normalized spacial score (nSPS) is 23.5. The summed E-state index contributed by atoms with van der Waals surface area (Å²) < 4.78 is 0. The van der Waals surface area contributed by atoms with Crippen molar-refractivity contribution in [2.75, 3.05) is 13.1 Å². The molecule has 1 fully saturated rings. The van der Waals surface area contributed by atoms with Crippen molar-refractivity contribution < 1.29 is 4.79 Å². The maximum absolute atomic E-state index is 11.2. The van der Waals surface area contributed by atoms with E-state index in [9.17, 15) is 4.79 Å². The quantitative estimate of drug-likeness (QED) is 0.524. The summed E-state index contributed by atoms with van der Waals surface area (Å²) in [5, 5.41) is 6.30. The number of carbonyl (C=O) groups is 1. The van der Waals surface area contributed by atoms with Crippen LogP contribution >= 0.6 is 0 Å². The van der Waals surface area contributed by atoms with Gasteiger partial charge < -0.3 is 10.6 Å². The van der Waals surface area contributed by atoms with Crippen molar-refractivity contribution >= 4 is 5.91 Å². The summed E-state index contributed by atoms with van der Waals surface area (Å²) in [6.45, 7) is 3.84. The number of hydrogen-bond acceptors (Lipinski definition) is 2. The minimum absolute atomic E-state index is 0.186. The summed E-state index contributed by atoms with van der Waals surface area (Å²) in [5.74, 6) is 0.186. The Balaban J connectivity index is 2.18. The molecule has 0 aromatic heterocycles. The lowest BCUT2D eigenvalue weighted by Crippen LogP contribution is -2.32. The van der Waals surface area contributed by atoms with E-state index in [0.29, 0.717) is 12.5 Å². The van der Waals surface area contributed by atoms with Gasteiger partial charge in [-0.1, -0.05) is 12.2 Å². The van der Waals surface area contributed by atoms with Gasteiger partial charge in [0.25, 0.3) is 0 Å². The summed E-state index contributed by atoms with van der Waals surface area (Å²) in [7, 11) is 0. The van der Waals surface area contributed by atoms with E-state index >= 15 is 0 Å². The zero-order valence-corrected chi connectivity index (χ0v) is 8.88. The number of hydrogen-bond donors (Lipinski definition) is 2. The third-order valence-corrected chi connectivity index (χ3v) is 2.46. The average molecular weight is 196 g/mol. The van der Waals surface area contributed by atoms with Crippen LogP contribution in [0.3, 0.4) is 0 Å². The van der Waals surface area contributed by atoms with Crippen molar-refractivity contribution in [3.05, 3.63) is 12.2 Å². The molecule has 0 aliphatic carbocycles. The first-order valence-corrected chi connectivity index (χ1v) is 5.44. The number of amides is 1. The Labute approximate surface area is 86.0 Å². The van der Waals surface area contributed by atoms with Crippen molar-refractivity contribution in [1.82, 2.24) is 10.6 Å². The van der Waals surface area contributed by atoms with Crippen molar-refractivity contribution in [2.24, 2.45) is 0 Å². The minimum atomic E-state index is 0.186. The van der Waals surface area contributed by atoms with Gasteiger partial charge in [-0.2, -0.15) is 0 Å². The molecule has 0 radical (unpaired) electrons. The van der Waals surface area contributed by atoms with E-state index in [1.165, 1.54) is 0 Å². The molecule has 1 amide bonds. The Morgan fingerprint density at radius 1 is 1.64 bits per heavy atom. The molecule has 2 N–H and O–H groups in total. The van der Waals surface area contributed by atoms with Crippen LogP contribution in [0.4, 0.5) is 0 Å². The molecule has 0 aromatic carbocycles. The SMILES string of the molecule is C/C=C/CCNC1CCCNC(=O)C1. The fourth-order valence-electron chi connectivity index (χ4n) is 1.69. The van der Waals surface area contributed by atoms with Gasteiger partial charge in [0.1, 0.15) is 0 Å². The van der Waals surface area contributed by atoms with E-state index < -0.39 is 0 Å². The molecule has 0 bridgehead atoms. The highest BCUT2D eigenvalue weighted by Crippen LogP contribution is 2.05. The van der Waals surface area contributed by atoms with E-state index in [-0.39, 0.29) is 5.91 Å². The van der Waals surface area contributed by atoms with Crippen LogP contribution in [-0.4, -0.2) is 25.0 Å². The monoisotopic (exact) mass is 196 g/mol. The van der Waals surface area contributed by atoms with E-state index in [2.05, 4.69) is 22.8 Å². The fraction of sp³-hybridized carbons (Fsp3) is 0.727. The zero-order valence-electron chi connectivity index (χ0n) is 8.88. The van der Waals surface area contributed by atoms with Crippen molar-refractivity contribution in [1.29, 1.82) is 0 Å². The Morgan fingerprint density at radius 3 is 3.29 bits per heavy atom. The number of nitrogens with one attached hydrogen (secondary N) is 2. The van der Waals surface area contributed by atoms with Gasteiger partial charge in [0.05, 0.1) is 0 Å². The molecular formula is C11H20N2O. The molecule has 1 saturated heterocycles. The van der Waals surface area contributed by atoms with Gasteiger partial charge in [0.2, 0.25) is 5.91 Å². The maximum atomic E-state index is 11.2. The molecule has 1 rings (SSSR count). The van der Waals surface area contributed by atoms with Gasteiger partial charge in [-0.05, 0) is 32.7 Å². The minimum Gasteiger partial charge on any atom is -0.356 e. The molecule has 14 heavy (non-hydrogen) atoms. The summed E-state index contributed by atoms with van der Waals surface area (Å²) in [6, 6.07) is 0.378. The van der Waals surface area contributed by atoms with Crippen LogP contribution in [0.1, 0.15) is 32.6 Å². The van der Waals surface area contributed by atoms with Crippen molar-refractivity contribution in [3.63, 3.8) is 0 Å². The van der Waals surface area contributed by atoms with Crippen LogP contribution in [-0.2, 0) is 4.79 Å². The van der Waals surface area contributed by atoms with Crippen LogP contribution in [0.5, 0.6) is 0 Å². The van der Waals surface area contributed by atoms with Crippen LogP contribution in [0.2, 0.25) is 0 Å². The van der Waals surface area contributed by atoms with Crippen LogP contribution < -0.4 is 10.6 Å². The molecule has 3 nitrogen and oxygen atoms in total. The Bertz CT molecular complexity index is 201. The molecule has 0 saturated carbocycles. The fourth-order valence-corrected chi connectivity index (χ4v) is 1.69. The molecule has 1 unspecified atom stereocenters. The van der Waals surface area contributed by atoms with Crippen LogP contribution in [0.15, 0.2) is 12.2 Å². The van der Waals surface area contributed by atoms with E-state index in [4.69, 9.17) is 0 Å². The molecule has 1 heterocycles. The highest BCUT2D eigenvalue weighted by Gasteiger charge is 2.15. The van der Waals surface area contributed by atoms with Gasteiger partial charge in [-0.15, -0.1) is 0 Å². The Kier molecular flexibility index (Phi) is 5.30. The first-order chi connectivity index (χ1) is 6.83. The molecular weight excluding hydrogens is 176 g/mol. The summed E-state index contributed by atoms with van der Waals surface area (Å²) in [6.07, 6.45) is 8.08. The lowest BCUT2D eigenvalue weighted by atomic mass is 10.1. The van der Waals surface area contributed by atoms with E-state index in [0.717, 1.165) is 32.4 Å². The molecule has 80 valence electrons. The standard InChI is InChI=1S/C11H20N2O/c1-2-3-4-7-12-10-6-5-8-13-11(14)9-10/h2-3,10,12H,4-9H2,1H3,(H,13,14)/b3-2+. The largest absolute Gasteiger partial charge is 0.356 e.